The van der Waals surface area contributed by atoms with Crippen molar-refractivity contribution in [2.75, 3.05) is 16.8 Å². The van der Waals surface area contributed by atoms with Gasteiger partial charge >= 0.3 is 0 Å². The molecular formula is C24H22N2O3. The first-order valence-electron chi connectivity index (χ1n) is 9.82. The largest absolute Gasteiger partial charge is 0.326 e. The smallest absolute Gasteiger partial charge is 0.227 e. The fraction of sp³-hybridized carbons (Fsp3) is 0.208. The summed E-state index contributed by atoms with van der Waals surface area (Å²) in [5, 5.41) is 4.91. The number of fused-ring (bicyclic) bond motifs is 1. The molecule has 146 valence electrons. The maximum Gasteiger partial charge on any atom is 0.227 e. The van der Waals surface area contributed by atoms with E-state index in [1.807, 2.05) is 48.5 Å². The standard InChI is InChI=1S/C24H22N2O3/c27-22(19-8-7-17-4-1-2-5-18(17)16-19)13-14-23(28)25-20-9-11-21(12-10-20)26-15-3-6-24(26)29/h1-2,4-5,7-12,16H,3,6,13-15H2,(H,25,28). The minimum absolute atomic E-state index is 0.0474. The molecule has 0 aliphatic carbocycles. The average molecular weight is 386 g/mol. The quantitative estimate of drug-likeness (QED) is 0.631. The Morgan fingerprint density at radius 3 is 2.38 bits per heavy atom. The predicted octanol–water partition coefficient (Wildman–Crippen LogP) is 4.57. The predicted molar refractivity (Wildman–Crippen MR) is 114 cm³/mol. The summed E-state index contributed by atoms with van der Waals surface area (Å²) in [5.41, 5.74) is 2.12. The molecule has 0 spiro atoms. The van der Waals surface area contributed by atoms with Gasteiger partial charge in [-0.05, 0) is 47.5 Å². The highest BCUT2D eigenvalue weighted by atomic mass is 16.2. The topological polar surface area (TPSA) is 66.5 Å². The van der Waals surface area contributed by atoms with Crippen molar-refractivity contribution in [3.8, 4) is 0 Å². The van der Waals surface area contributed by atoms with Crippen molar-refractivity contribution >= 4 is 39.7 Å². The Labute approximate surface area is 169 Å². The normalized spacial score (nSPS) is 13.7. The summed E-state index contributed by atoms with van der Waals surface area (Å²) in [6, 6.07) is 20.7. The first kappa shape index (κ1) is 18.9. The number of benzene rings is 3. The molecule has 1 fully saturated rings. The zero-order chi connectivity index (χ0) is 20.2. The van der Waals surface area contributed by atoms with Crippen molar-refractivity contribution in [2.45, 2.75) is 25.7 Å². The molecule has 1 N–H and O–H groups in total. The van der Waals surface area contributed by atoms with Gasteiger partial charge in [-0.15, -0.1) is 0 Å². The number of nitrogens with zero attached hydrogens (tertiary/aromatic N) is 1. The molecule has 1 aliphatic heterocycles. The minimum Gasteiger partial charge on any atom is -0.326 e. The molecule has 0 saturated carbocycles. The van der Waals surface area contributed by atoms with Crippen LogP contribution in [0.25, 0.3) is 10.8 Å². The molecule has 0 bridgehead atoms. The van der Waals surface area contributed by atoms with Crippen LogP contribution in [0, 0.1) is 0 Å². The molecule has 1 heterocycles. The summed E-state index contributed by atoms with van der Waals surface area (Å²) in [6.45, 7) is 0.738. The van der Waals surface area contributed by atoms with Gasteiger partial charge in [-0.25, -0.2) is 0 Å². The Morgan fingerprint density at radius 1 is 0.897 bits per heavy atom. The number of hydrogen-bond donors (Lipinski definition) is 1. The van der Waals surface area contributed by atoms with Crippen molar-refractivity contribution < 1.29 is 14.4 Å². The number of rotatable bonds is 6. The second-order valence-electron chi connectivity index (χ2n) is 7.23. The monoisotopic (exact) mass is 386 g/mol. The second kappa shape index (κ2) is 8.27. The molecule has 0 unspecified atom stereocenters. The van der Waals surface area contributed by atoms with Gasteiger partial charge in [0.05, 0.1) is 0 Å². The Kier molecular flexibility index (Phi) is 5.38. The van der Waals surface area contributed by atoms with Crippen LogP contribution in [-0.2, 0) is 9.59 Å². The van der Waals surface area contributed by atoms with Gasteiger partial charge in [0.2, 0.25) is 11.8 Å². The van der Waals surface area contributed by atoms with Crippen LogP contribution in [0.1, 0.15) is 36.0 Å². The minimum atomic E-state index is -0.205. The van der Waals surface area contributed by atoms with E-state index in [0.717, 1.165) is 29.4 Å². The summed E-state index contributed by atoms with van der Waals surface area (Å²) in [5.74, 6) is -0.119. The lowest BCUT2D eigenvalue weighted by Crippen LogP contribution is -2.23. The molecule has 2 amide bonds. The molecular weight excluding hydrogens is 364 g/mol. The van der Waals surface area contributed by atoms with Gasteiger partial charge in [0.25, 0.3) is 0 Å². The van der Waals surface area contributed by atoms with Crippen LogP contribution in [0.15, 0.2) is 66.7 Å². The van der Waals surface area contributed by atoms with Crippen molar-refractivity contribution in [3.63, 3.8) is 0 Å². The van der Waals surface area contributed by atoms with Crippen molar-refractivity contribution in [3.05, 3.63) is 72.3 Å². The number of ketones is 1. The van der Waals surface area contributed by atoms with E-state index in [9.17, 15) is 14.4 Å². The van der Waals surface area contributed by atoms with Gasteiger partial charge in [0.15, 0.2) is 5.78 Å². The molecule has 3 aromatic carbocycles. The van der Waals surface area contributed by atoms with Crippen LogP contribution in [-0.4, -0.2) is 24.1 Å². The molecule has 3 aromatic rings. The van der Waals surface area contributed by atoms with Gasteiger partial charge in [0, 0.05) is 42.7 Å². The fourth-order valence-electron chi connectivity index (χ4n) is 3.60. The molecule has 1 aliphatic rings. The molecule has 5 heteroatoms. The van der Waals surface area contributed by atoms with Crippen LogP contribution in [0.4, 0.5) is 11.4 Å². The molecule has 0 aromatic heterocycles. The number of carbonyl (C=O) groups excluding carboxylic acids is 3. The summed E-state index contributed by atoms with van der Waals surface area (Å²) < 4.78 is 0. The lowest BCUT2D eigenvalue weighted by molar-refractivity contribution is -0.117. The Hall–Kier alpha value is -3.47. The highest BCUT2D eigenvalue weighted by Gasteiger charge is 2.21. The number of amides is 2. The van der Waals surface area contributed by atoms with Crippen LogP contribution in [0.3, 0.4) is 0 Å². The van der Waals surface area contributed by atoms with Crippen molar-refractivity contribution in [2.24, 2.45) is 0 Å². The number of Topliss-reactive ketones (excluding diaryl/α,β-unsaturated/α-hetero) is 1. The third-order valence-electron chi connectivity index (χ3n) is 5.19. The van der Waals surface area contributed by atoms with Crippen LogP contribution in [0.5, 0.6) is 0 Å². The first-order valence-corrected chi connectivity index (χ1v) is 9.82. The van der Waals surface area contributed by atoms with Crippen molar-refractivity contribution in [1.29, 1.82) is 0 Å². The van der Waals surface area contributed by atoms with Gasteiger partial charge < -0.3 is 10.2 Å². The van der Waals surface area contributed by atoms with E-state index in [1.165, 1.54) is 0 Å². The molecule has 29 heavy (non-hydrogen) atoms. The lowest BCUT2D eigenvalue weighted by atomic mass is 10.0. The van der Waals surface area contributed by atoms with Gasteiger partial charge in [-0.3, -0.25) is 14.4 Å². The maximum absolute atomic E-state index is 12.5. The highest BCUT2D eigenvalue weighted by Crippen LogP contribution is 2.23. The van der Waals surface area contributed by atoms with E-state index in [4.69, 9.17) is 0 Å². The van der Waals surface area contributed by atoms with Gasteiger partial charge in [-0.1, -0.05) is 36.4 Å². The average Bonchev–Trinajstić information content (AvgIpc) is 3.18. The Balaban J connectivity index is 1.32. The third kappa shape index (κ3) is 4.35. The SMILES string of the molecule is O=C(CCC(=O)c1ccc2ccccc2c1)Nc1ccc(N2CCCC2=O)cc1. The number of anilines is 2. The summed E-state index contributed by atoms with van der Waals surface area (Å²) in [7, 11) is 0. The number of carbonyl (C=O) groups is 3. The van der Waals surface area contributed by atoms with Gasteiger partial charge in [0.1, 0.15) is 0 Å². The van der Waals surface area contributed by atoms with Crippen LogP contribution < -0.4 is 10.2 Å². The summed E-state index contributed by atoms with van der Waals surface area (Å²) >= 11 is 0. The molecule has 0 atom stereocenters. The van der Waals surface area contributed by atoms with E-state index in [2.05, 4.69) is 5.32 Å². The van der Waals surface area contributed by atoms with E-state index in [-0.39, 0.29) is 30.4 Å². The third-order valence-corrected chi connectivity index (χ3v) is 5.19. The number of hydrogen-bond acceptors (Lipinski definition) is 3. The van der Waals surface area contributed by atoms with E-state index in [0.29, 0.717) is 17.7 Å². The Morgan fingerprint density at radius 2 is 1.66 bits per heavy atom. The van der Waals surface area contributed by atoms with Crippen LogP contribution >= 0.6 is 0 Å². The van der Waals surface area contributed by atoms with Crippen LogP contribution in [0.2, 0.25) is 0 Å². The van der Waals surface area contributed by atoms with Gasteiger partial charge in [-0.2, -0.15) is 0 Å². The first-order chi connectivity index (χ1) is 14.1. The molecule has 0 radical (unpaired) electrons. The second-order valence-corrected chi connectivity index (χ2v) is 7.23. The van der Waals surface area contributed by atoms with E-state index >= 15 is 0 Å². The molecule has 5 nitrogen and oxygen atoms in total. The lowest BCUT2D eigenvalue weighted by Gasteiger charge is -2.16. The highest BCUT2D eigenvalue weighted by molar-refractivity contribution is 6.02. The zero-order valence-electron chi connectivity index (χ0n) is 16.1. The number of nitrogens with one attached hydrogen (secondary N) is 1. The zero-order valence-corrected chi connectivity index (χ0v) is 16.1. The Bertz CT molecular complexity index is 1070. The van der Waals surface area contributed by atoms with E-state index in [1.54, 1.807) is 23.1 Å². The molecule has 4 rings (SSSR count). The van der Waals surface area contributed by atoms with E-state index < -0.39 is 0 Å². The van der Waals surface area contributed by atoms with Crippen molar-refractivity contribution in [1.82, 2.24) is 0 Å². The molecule has 1 saturated heterocycles. The summed E-state index contributed by atoms with van der Waals surface area (Å²) in [6.07, 6.45) is 1.74. The maximum atomic E-state index is 12.5. The fourth-order valence-corrected chi connectivity index (χ4v) is 3.60. The summed E-state index contributed by atoms with van der Waals surface area (Å²) in [4.78, 5) is 38.2.